The molecule has 0 bridgehead atoms. The first kappa shape index (κ1) is 12.8. The number of halogens is 1. The highest BCUT2D eigenvalue weighted by Gasteiger charge is 2.27. The number of anilines is 1. The molecule has 1 aromatic carbocycles. The number of benzene rings is 1. The Morgan fingerprint density at radius 2 is 2.11 bits per heavy atom. The predicted octanol–water partition coefficient (Wildman–Crippen LogP) is 2.04. The van der Waals surface area contributed by atoms with Crippen LogP contribution in [0.1, 0.15) is 13.3 Å². The van der Waals surface area contributed by atoms with Crippen molar-refractivity contribution in [3.63, 3.8) is 0 Å². The lowest BCUT2D eigenvalue weighted by Crippen LogP contribution is -2.59. The molecule has 1 aliphatic heterocycles. The van der Waals surface area contributed by atoms with Crippen molar-refractivity contribution in [1.29, 1.82) is 0 Å². The summed E-state index contributed by atoms with van der Waals surface area (Å²) in [5.41, 5.74) is 0.620. The van der Waals surface area contributed by atoms with E-state index < -0.39 is 0 Å². The second-order valence-corrected chi connectivity index (χ2v) is 4.44. The van der Waals surface area contributed by atoms with Crippen molar-refractivity contribution in [2.24, 2.45) is 0 Å². The van der Waals surface area contributed by atoms with E-state index in [9.17, 15) is 9.18 Å². The maximum absolute atomic E-state index is 12.8. The number of rotatable bonds is 4. The van der Waals surface area contributed by atoms with Crippen molar-refractivity contribution >= 4 is 11.7 Å². The number of carbonyl (C=O) groups excluding carboxylic acids is 1. The number of hydrogen-bond acceptors (Lipinski definition) is 2. The van der Waals surface area contributed by atoms with E-state index >= 15 is 0 Å². The van der Waals surface area contributed by atoms with Crippen molar-refractivity contribution in [1.82, 2.24) is 10.2 Å². The van der Waals surface area contributed by atoms with Crippen LogP contribution in [-0.4, -0.2) is 36.6 Å². The molecule has 0 aromatic heterocycles. The van der Waals surface area contributed by atoms with Gasteiger partial charge in [-0.2, -0.15) is 0 Å². The lowest BCUT2D eigenvalue weighted by molar-refractivity contribution is 0.161. The molecule has 0 radical (unpaired) electrons. The van der Waals surface area contributed by atoms with Crippen LogP contribution in [0.5, 0.6) is 0 Å². The molecule has 2 amide bonds. The number of hydrogen-bond donors (Lipinski definition) is 2. The summed E-state index contributed by atoms with van der Waals surface area (Å²) in [5.74, 6) is -0.304. The Kier molecular flexibility index (Phi) is 4.15. The fourth-order valence-electron chi connectivity index (χ4n) is 1.91. The molecule has 0 atom stereocenters. The van der Waals surface area contributed by atoms with Crippen LogP contribution in [0.25, 0.3) is 0 Å². The quantitative estimate of drug-likeness (QED) is 0.860. The third-order valence-electron chi connectivity index (χ3n) is 3.02. The molecule has 0 unspecified atom stereocenters. The molecular weight excluding hydrogens is 233 g/mol. The molecule has 4 nitrogen and oxygen atoms in total. The zero-order valence-electron chi connectivity index (χ0n) is 10.4. The molecule has 2 rings (SSSR count). The fourth-order valence-corrected chi connectivity index (χ4v) is 1.91. The Labute approximate surface area is 106 Å². The van der Waals surface area contributed by atoms with E-state index in [1.807, 2.05) is 11.8 Å². The Morgan fingerprint density at radius 3 is 2.61 bits per heavy atom. The van der Waals surface area contributed by atoms with Crippen LogP contribution in [0, 0.1) is 5.82 Å². The maximum atomic E-state index is 12.8. The van der Waals surface area contributed by atoms with Gasteiger partial charge in [-0.15, -0.1) is 0 Å². The topological polar surface area (TPSA) is 44.4 Å². The van der Waals surface area contributed by atoms with E-state index in [0.717, 1.165) is 26.1 Å². The van der Waals surface area contributed by atoms with Gasteiger partial charge >= 0.3 is 6.03 Å². The molecule has 18 heavy (non-hydrogen) atoms. The predicted molar refractivity (Wildman–Crippen MR) is 69.1 cm³/mol. The minimum Gasteiger partial charge on any atom is -0.319 e. The highest BCUT2D eigenvalue weighted by atomic mass is 19.1. The zero-order chi connectivity index (χ0) is 13.0. The average Bonchev–Trinajstić information content (AvgIpc) is 2.29. The van der Waals surface area contributed by atoms with Crippen LogP contribution in [0.15, 0.2) is 24.3 Å². The summed E-state index contributed by atoms with van der Waals surface area (Å²) in [6, 6.07) is 5.96. The van der Waals surface area contributed by atoms with Gasteiger partial charge in [0, 0.05) is 25.3 Å². The van der Waals surface area contributed by atoms with Gasteiger partial charge in [0.15, 0.2) is 0 Å². The van der Waals surface area contributed by atoms with Gasteiger partial charge in [-0.25, -0.2) is 9.18 Å². The van der Waals surface area contributed by atoms with Crippen LogP contribution in [0.2, 0.25) is 0 Å². The van der Waals surface area contributed by atoms with Gasteiger partial charge in [0.2, 0.25) is 0 Å². The number of carbonyl (C=O) groups is 1. The van der Waals surface area contributed by atoms with Gasteiger partial charge in [-0.3, -0.25) is 0 Å². The number of amides is 2. The van der Waals surface area contributed by atoms with Gasteiger partial charge in [0.05, 0.1) is 6.04 Å². The first-order valence-electron chi connectivity index (χ1n) is 6.24. The Morgan fingerprint density at radius 1 is 1.44 bits per heavy atom. The normalized spacial score (nSPS) is 15.0. The molecule has 1 fully saturated rings. The Bertz CT molecular complexity index is 403. The van der Waals surface area contributed by atoms with Crippen molar-refractivity contribution in [2.75, 3.05) is 25.0 Å². The molecule has 1 saturated heterocycles. The molecule has 98 valence electrons. The lowest BCUT2D eigenvalue weighted by Gasteiger charge is -2.38. The van der Waals surface area contributed by atoms with Gasteiger partial charge in [0.25, 0.3) is 0 Å². The fraction of sp³-hybridized carbons (Fsp3) is 0.462. The summed E-state index contributed by atoms with van der Waals surface area (Å²) in [7, 11) is 0. The SMILES string of the molecule is CCCN(C(=O)Nc1ccc(F)cc1)C1CNC1. The molecular formula is C13H18FN3O. The van der Waals surface area contributed by atoms with E-state index in [1.165, 1.54) is 12.1 Å². The second kappa shape index (κ2) is 5.82. The van der Waals surface area contributed by atoms with Gasteiger partial charge in [-0.1, -0.05) is 6.92 Å². The summed E-state index contributed by atoms with van der Waals surface area (Å²) in [6.45, 7) is 4.47. The summed E-state index contributed by atoms with van der Waals surface area (Å²) in [4.78, 5) is 13.9. The Hall–Kier alpha value is -1.62. The molecule has 1 aliphatic rings. The summed E-state index contributed by atoms with van der Waals surface area (Å²) in [5, 5.41) is 5.95. The molecule has 0 spiro atoms. The Balaban J connectivity index is 1.97. The second-order valence-electron chi connectivity index (χ2n) is 4.44. The maximum Gasteiger partial charge on any atom is 0.322 e. The van der Waals surface area contributed by atoms with E-state index in [2.05, 4.69) is 10.6 Å². The minimum atomic E-state index is -0.304. The smallest absolute Gasteiger partial charge is 0.319 e. The van der Waals surface area contributed by atoms with E-state index in [1.54, 1.807) is 12.1 Å². The van der Waals surface area contributed by atoms with Gasteiger partial charge in [0.1, 0.15) is 5.82 Å². The molecule has 5 heteroatoms. The number of nitrogens with zero attached hydrogens (tertiary/aromatic N) is 1. The first-order valence-corrected chi connectivity index (χ1v) is 6.24. The van der Waals surface area contributed by atoms with Crippen molar-refractivity contribution < 1.29 is 9.18 Å². The van der Waals surface area contributed by atoms with E-state index in [4.69, 9.17) is 0 Å². The van der Waals surface area contributed by atoms with Crippen molar-refractivity contribution in [3.8, 4) is 0 Å². The molecule has 0 saturated carbocycles. The van der Waals surface area contributed by atoms with Gasteiger partial charge < -0.3 is 15.5 Å². The van der Waals surface area contributed by atoms with Crippen LogP contribution in [0.4, 0.5) is 14.9 Å². The molecule has 0 aliphatic carbocycles. The van der Waals surface area contributed by atoms with Crippen LogP contribution < -0.4 is 10.6 Å². The third kappa shape index (κ3) is 2.98. The molecule has 1 aromatic rings. The minimum absolute atomic E-state index is 0.116. The summed E-state index contributed by atoms with van der Waals surface area (Å²) >= 11 is 0. The monoisotopic (exact) mass is 251 g/mol. The van der Waals surface area contributed by atoms with E-state index in [-0.39, 0.29) is 17.9 Å². The van der Waals surface area contributed by atoms with Crippen LogP contribution in [0.3, 0.4) is 0 Å². The summed E-state index contributed by atoms with van der Waals surface area (Å²) < 4.78 is 12.8. The first-order chi connectivity index (χ1) is 8.70. The molecule has 2 N–H and O–H groups in total. The van der Waals surface area contributed by atoms with Crippen molar-refractivity contribution in [2.45, 2.75) is 19.4 Å². The third-order valence-corrected chi connectivity index (χ3v) is 3.02. The highest BCUT2D eigenvalue weighted by molar-refractivity contribution is 5.89. The lowest BCUT2D eigenvalue weighted by atomic mass is 10.1. The highest BCUT2D eigenvalue weighted by Crippen LogP contribution is 2.12. The average molecular weight is 251 g/mol. The van der Waals surface area contributed by atoms with Crippen LogP contribution >= 0.6 is 0 Å². The standard InChI is InChI=1S/C13H18FN3O/c1-2-7-17(12-8-15-9-12)13(18)16-11-5-3-10(14)4-6-11/h3-6,12,15H,2,7-9H2,1H3,(H,16,18). The number of urea groups is 1. The van der Waals surface area contributed by atoms with E-state index in [0.29, 0.717) is 5.69 Å². The van der Waals surface area contributed by atoms with Crippen molar-refractivity contribution in [3.05, 3.63) is 30.1 Å². The van der Waals surface area contributed by atoms with Crippen LogP contribution in [-0.2, 0) is 0 Å². The summed E-state index contributed by atoms with van der Waals surface area (Å²) in [6.07, 6.45) is 0.924. The zero-order valence-corrected chi connectivity index (χ0v) is 10.4. The largest absolute Gasteiger partial charge is 0.322 e. The molecule has 1 heterocycles. The number of nitrogens with one attached hydrogen (secondary N) is 2. The van der Waals surface area contributed by atoms with Gasteiger partial charge in [-0.05, 0) is 30.7 Å².